The maximum atomic E-state index is 12.2. The Morgan fingerprint density at radius 2 is 1.97 bits per heavy atom. The first-order valence-electron chi connectivity index (χ1n) is 10.2. The van der Waals surface area contributed by atoms with E-state index in [1.165, 1.54) is 28.7 Å². The zero-order valence-electron chi connectivity index (χ0n) is 18.2. The summed E-state index contributed by atoms with van der Waals surface area (Å²) in [5, 5.41) is 16.8. The van der Waals surface area contributed by atoms with E-state index in [1.807, 2.05) is 35.8 Å². The number of amides is 2. The highest BCUT2D eigenvalue weighted by Gasteiger charge is 2.14. The van der Waals surface area contributed by atoms with Gasteiger partial charge in [0.25, 0.3) is 5.91 Å². The molecule has 0 saturated carbocycles. The molecule has 3 aromatic rings. The van der Waals surface area contributed by atoms with E-state index in [9.17, 15) is 9.59 Å². The molecule has 0 saturated heterocycles. The second-order valence-electron chi connectivity index (χ2n) is 7.11. The Morgan fingerprint density at radius 1 is 1.19 bits per heavy atom. The van der Waals surface area contributed by atoms with E-state index in [4.69, 9.17) is 4.74 Å². The molecule has 0 aliphatic heterocycles. The lowest BCUT2D eigenvalue weighted by Gasteiger charge is -2.10. The highest BCUT2D eigenvalue weighted by atomic mass is 32.2. The number of thiazole rings is 1. The van der Waals surface area contributed by atoms with Crippen LogP contribution in [-0.2, 0) is 22.7 Å². The fraction of sp³-hybridized carbons (Fsp3) is 0.381. The fourth-order valence-corrected chi connectivity index (χ4v) is 4.14. The van der Waals surface area contributed by atoms with Gasteiger partial charge < -0.3 is 19.9 Å². The molecule has 3 rings (SSSR count). The minimum atomic E-state index is -0.249. The highest BCUT2D eigenvalue weighted by molar-refractivity contribution is 7.99. The Kier molecular flexibility index (Phi) is 8.63. The highest BCUT2D eigenvalue weighted by Crippen LogP contribution is 2.19. The van der Waals surface area contributed by atoms with Crippen LogP contribution in [0.1, 0.15) is 38.1 Å². The molecule has 32 heavy (non-hydrogen) atoms. The Morgan fingerprint density at radius 3 is 2.62 bits per heavy atom. The van der Waals surface area contributed by atoms with E-state index in [-0.39, 0.29) is 30.7 Å². The number of anilines is 1. The van der Waals surface area contributed by atoms with Gasteiger partial charge in [-0.05, 0) is 30.5 Å². The van der Waals surface area contributed by atoms with Crippen molar-refractivity contribution in [1.29, 1.82) is 0 Å². The predicted octanol–water partition coefficient (Wildman–Crippen LogP) is 3.30. The smallest absolute Gasteiger partial charge is 0.258 e. The molecule has 0 spiro atoms. The number of ether oxygens (including phenoxy) is 1. The lowest BCUT2D eigenvalue weighted by Crippen LogP contribution is -2.29. The van der Waals surface area contributed by atoms with Crippen LogP contribution in [-0.4, -0.2) is 43.9 Å². The molecule has 0 aliphatic rings. The Labute approximate surface area is 195 Å². The molecule has 2 heterocycles. The zero-order chi connectivity index (χ0) is 22.9. The number of aromatic nitrogens is 4. The van der Waals surface area contributed by atoms with Gasteiger partial charge in [0.05, 0.1) is 12.3 Å². The molecule has 0 radical (unpaired) electrons. The molecule has 2 amide bonds. The Balaban J connectivity index is 1.45. The van der Waals surface area contributed by atoms with Crippen LogP contribution in [0.25, 0.3) is 0 Å². The monoisotopic (exact) mass is 474 g/mol. The van der Waals surface area contributed by atoms with E-state index in [2.05, 4.69) is 39.7 Å². The van der Waals surface area contributed by atoms with E-state index in [0.29, 0.717) is 34.3 Å². The van der Waals surface area contributed by atoms with E-state index in [0.717, 1.165) is 0 Å². The van der Waals surface area contributed by atoms with Crippen molar-refractivity contribution in [3.63, 3.8) is 0 Å². The Hall–Kier alpha value is -2.92. The van der Waals surface area contributed by atoms with Crippen molar-refractivity contribution in [2.24, 2.45) is 0 Å². The summed E-state index contributed by atoms with van der Waals surface area (Å²) in [5.74, 6) is 1.48. The third-order valence-electron chi connectivity index (χ3n) is 4.48. The molecule has 0 atom stereocenters. The molecule has 9 nitrogen and oxygen atoms in total. The molecule has 2 aromatic heterocycles. The van der Waals surface area contributed by atoms with Crippen molar-refractivity contribution in [3.05, 3.63) is 47.2 Å². The summed E-state index contributed by atoms with van der Waals surface area (Å²) in [6.07, 6.45) is 1.63. The van der Waals surface area contributed by atoms with Crippen molar-refractivity contribution < 1.29 is 14.3 Å². The van der Waals surface area contributed by atoms with Crippen LogP contribution >= 0.6 is 23.1 Å². The van der Waals surface area contributed by atoms with Crippen LogP contribution in [0.2, 0.25) is 0 Å². The molecular formula is C21H26N6O3S2. The van der Waals surface area contributed by atoms with Crippen LogP contribution in [0.3, 0.4) is 0 Å². The Bertz CT molecular complexity index is 1020. The van der Waals surface area contributed by atoms with Gasteiger partial charge in [0, 0.05) is 18.1 Å². The standard InChI is InChI=1S/C21H26N6O3S2/c1-4-27-17(25-26-21(27)32-13-19(29)24-20-22-9-10-31-20)11-23-18(28)12-30-16-7-5-15(6-8-16)14(2)3/h5-10,14H,4,11-13H2,1-3H3,(H,23,28)(H,22,24,29). The first-order valence-corrected chi connectivity index (χ1v) is 12.1. The summed E-state index contributed by atoms with van der Waals surface area (Å²) in [7, 11) is 0. The van der Waals surface area contributed by atoms with Gasteiger partial charge in [-0.1, -0.05) is 37.7 Å². The van der Waals surface area contributed by atoms with Crippen LogP contribution in [0.4, 0.5) is 5.13 Å². The van der Waals surface area contributed by atoms with Gasteiger partial charge >= 0.3 is 0 Å². The number of nitrogens with zero attached hydrogens (tertiary/aromatic N) is 4. The van der Waals surface area contributed by atoms with Gasteiger partial charge in [-0.3, -0.25) is 9.59 Å². The first kappa shape index (κ1) is 23.7. The lowest BCUT2D eigenvalue weighted by molar-refractivity contribution is -0.123. The molecule has 0 unspecified atom stereocenters. The summed E-state index contributed by atoms with van der Waals surface area (Å²) >= 11 is 2.65. The largest absolute Gasteiger partial charge is 0.484 e. The molecule has 11 heteroatoms. The average Bonchev–Trinajstić information content (AvgIpc) is 3.44. The molecule has 0 fully saturated rings. The average molecular weight is 475 g/mol. The van der Waals surface area contributed by atoms with Gasteiger partial charge in [-0.2, -0.15) is 0 Å². The van der Waals surface area contributed by atoms with Crippen molar-refractivity contribution >= 4 is 40.0 Å². The topological polar surface area (TPSA) is 111 Å². The second-order valence-corrected chi connectivity index (χ2v) is 8.94. The van der Waals surface area contributed by atoms with Crippen molar-refractivity contribution in [2.75, 3.05) is 17.7 Å². The first-order chi connectivity index (χ1) is 15.5. The molecule has 0 aliphatic carbocycles. The van der Waals surface area contributed by atoms with E-state index >= 15 is 0 Å². The summed E-state index contributed by atoms with van der Waals surface area (Å²) in [4.78, 5) is 28.3. The van der Waals surface area contributed by atoms with Gasteiger partial charge in [0.15, 0.2) is 22.7 Å². The SMILES string of the molecule is CCn1c(CNC(=O)COc2ccc(C(C)C)cc2)nnc1SCC(=O)Nc1nccs1. The molecule has 170 valence electrons. The number of carbonyl (C=O) groups excluding carboxylic acids is 2. The number of thioether (sulfide) groups is 1. The number of carbonyl (C=O) groups is 2. The van der Waals surface area contributed by atoms with Gasteiger partial charge in [0.2, 0.25) is 5.91 Å². The van der Waals surface area contributed by atoms with Crippen molar-refractivity contribution in [1.82, 2.24) is 25.1 Å². The van der Waals surface area contributed by atoms with E-state index in [1.54, 1.807) is 11.6 Å². The van der Waals surface area contributed by atoms with Gasteiger partial charge in [-0.25, -0.2) is 4.98 Å². The number of hydrogen-bond acceptors (Lipinski definition) is 8. The predicted molar refractivity (Wildman–Crippen MR) is 125 cm³/mol. The normalized spacial score (nSPS) is 10.9. The number of nitrogens with one attached hydrogen (secondary N) is 2. The quantitative estimate of drug-likeness (QED) is 0.410. The molecule has 1 aromatic carbocycles. The third kappa shape index (κ3) is 6.79. The maximum absolute atomic E-state index is 12.2. The van der Waals surface area contributed by atoms with Gasteiger partial charge in [-0.15, -0.1) is 21.5 Å². The van der Waals surface area contributed by atoms with Crippen LogP contribution in [0, 0.1) is 0 Å². The fourth-order valence-electron chi connectivity index (χ4n) is 2.77. The summed E-state index contributed by atoms with van der Waals surface area (Å²) in [6, 6.07) is 7.73. The summed E-state index contributed by atoms with van der Waals surface area (Å²) in [6.45, 7) is 6.96. The third-order valence-corrected chi connectivity index (χ3v) is 6.14. The minimum Gasteiger partial charge on any atom is -0.484 e. The minimum absolute atomic E-state index is 0.0835. The van der Waals surface area contributed by atoms with Crippen LogP contribution < -0.4 is 15.4 Å². The van der Waals surface area contributed by atoms with Crippen LogP contribution in [0.15, 0.2) is 41.0 Å². The number of hydrogen-bond donors (Lipinski definition) is 2. The van der Waals surface area contributed by atoms with E-state index < -0.39 is 0 Å². The second kappa shape index (κ2) is 11.6. The van der Waals surface area contributed by atoms with Crippen LogP contribution in [0.5, 0.6) is 5.75 Å². The van der Waals surface area contributed by atoms with Gasteiger partial charge in [0.1, 0.15) is 5.75 Å². The molecule has 0 bridgehead atoms. The molecular weight excluding hydrogens is 448 g/mol. The zero-order valence-corrected chi connectivity index (χ0v) is 19.8. The summed E-state index contributed by atoms with van der Waals surface area (Å²) in [5.41, 5.74) is 1.22. The van der Waals surface area contributed by atoms with Crippen molar-refractivity contribution in [2.45, 2.75) is 44.9 Å². The van der Waals surface area contributed by atoms with Crippen molar-refractivity contribution in [3.8, 4) is 5.75 Å². The molecule has 2 N–H and O–H groups in total. The lowest BCUT2D eigenvalue weighted by atomic mass is 10.0. The summed E-state index contributed by atoms with van der Waals surface area (Å²) < 4.78 is 7.42. The number of benzene rings is 1. The maximum Gasteiger partial charge on any atom is 0.258 e. The number of rotatable bonds is 11.